The molecule has 3 rings (SSSR count). The Morgan fingerprint density at radius 2 is 1.86 bits per heavy atom. The Kier molecular flexibility index (Phi) is 7.29. The fourth-order valence-corrected chi connectivity index (χ4v) is 5.09. The van der Waals surface area contributed by atoms with Crippen LogP contribution < -0.4 is 4.74 Å². The molecule has 1 atom stereocenters. The molecule has 29 heavy (non-hydrogen) atoms. The van der Waals surface area contributed by atoms with Gasteiger partial charge in [0.05, 0.1) is 25.2 Å². The van der Waals surface area contributed by atoms with Gasteiger partial charge < -0.3 is 9.47 Å². The molecule has 0 aliphatic carbocycles. The lowest BCUT2D eigenvalue weighted by molar-refractivity contribution is 0.0730. The first kappa shape index (κ1) is 21.8. The minimum atomic E-state index is -3.49. The van der Waals surface area contributed by atoms with Crippen molar-refractivity contribution in [3.8, 4) is 5.75 Å². The van der Waals surface area contributed by atoms with Crippen molar-refractivity contribution in [2.45, 2.75) is 31.3 Å². The van der Waals surface area contributed by atoms with Crippen molar-refractivity contribution in [1.29, 1.82) is 0 Å². The van der Waals surface area contributed by atoms with Gasteiger partial charge in [-0.15, -0.1) is 0 Å². The van der Waals surface area contributed by atoms with Crippen LogP contribution in [0.15, 0.2) is 53.4 Å². The average Bonchev–Trinajstić information content (AvgIpc) is 2.77. The van der Waals surface area contributed by atoms with Crippen molar-refractivity contribution in [3.05, 3.63) is 59.7 Å². The maximum atomic E-state index is 13.0. The monoisotopic (exact) mass is 418 g/mol. The predicted molar refractivity (Wildman–Crippen MR) is 114 cm³/mol. The molecule has 0 radical (unpaired) electrons. The van der Waals surface area contributed by atoms with Gasteiger partial charge in [-0.1, -0.05) is 31.2 Å². The molecule has 0 saturated carbocycles. The zero-order valence-electron chi connectivity index (χ0n) is 17.4. The van der Waals surface area contributed by atoms with Gasteiger partial charge in [-0.25, -0.2) is 8.42 Å². The van der Waals surface area contributed by atoms with Crippen LogP contribution in [-0.2, 0) is 21.3 Å². The number of ether oxygens (including phenoxy) is 2. The fourth-order valence-electron chi connectivity index (χ4n) is 3.61. The highest BCUT2D eigenvalue weighted by atomic mass is 32.2. The molecule has 0 amide bonds. The number of methoxy groups -OCH3 is 1. The zero-order chi connectivity index (χ0) is 20.9. The third-order valence-electron chi connectivity index (χ3n) is 5.42. The van der Waals surface area contributed by atoms with Crippen molar-refractivity contribution in [2.24, 2.45) is 0 Å². The van der Waals surface area contributed by atoms with E-state index in [2.05, 4.69) is 24.8 Å². The van der Waals surface area contributed by atoms with Crippen LogP contribution in [0.5, 0.6) is 5.75 Å². The molecule has 0 aromatic heterocycles. The van der Waals surface area contributed by atoms with E-state index in [1.54, 1.807) is 19.2 Å². The van der Waals surface area contributed by atoms with E-state index in [1.165, 1.54) is 9.87 Å². The van der Waals surface area contributed by atoms with Crippen LogP contribution in [0.25, 0.3) is 0 Å². The van der Waals surface area contributed by atoms with E-state index in [0.717, 1.165) is 17.9 Å². The molecule has 1 aliphatic heterocycles. The second-order valence-corrected chi connectivity index (χ2v) is 9.12. The summed E-state index contributed by atoms with van der Waals surface area (Å²) in [5.74, 6) is 0.837. The van der Waals surface area contributed by atoms with Crippen LogP contribution in [-0.4, -0.2) is 57.6 Å². The molecule has 0 bridgehead atoms. The summed E-state index contributed by atoms with van der Waals surface area (Å²) in [7, 11) is -1.82. The van der Waals surface area contributed by atoms with Gasteiger partial charge in [-0.2, -0.15) is 4.31 Å². The van der Waals surface area contributed by atoms with Crippen LogP contribution in [0, 0.1) is 0 Å². The summed E-state index contributed by atoms with van der Waals surface area (Å²) in [4.78, 5) is 2.66. The topological polar surface area (TPSA) is 59.1 Å². The number of benzene rings is 2. The summed E-state index contributed by atoms with van der Waals surface area (Å²) < 4.78 is 38.1. The third kappa shape index (κ3) is 5.17. The number of rotatable bonds is 8. The predicted octanol–water partition coefficient (Wildman–Crippen LogP) is 3.30. The van der Waals surface area contributed by atoms with Gasteiger partial charge in [0.25, 0.3) is 0 Å². The number of nitrogens with zero attached hydrogens (tertiary/aromatic N) is 2. The van der Waals surface area contributed by atoms with Gasteiger partial charge in [-0.3, -0.25) is 4.90 Å². The summed E-state index contributed by atoms with van der Waals surface area (Å²) in [5, 5.41) is 0. The second kappa shape index (κ2) is 9.71. The van der Waals surface area contributed by atoms with Crippen LogP contribution in [0.4, 0.5) is 0 Å². The van der Waals surface area contributed by atoms with Gasteiger partial charge in [0.15, 0.2) is 0 Å². The molecule has 158 valence electrons. The highest BCUT2D eigenvalue weighted by Gasteiger charge is 2.26. The van der Waals surface area contributed by atoms with E-state index in [4.69, 9.17) is 9.47 Å². The molecule has 1 fully saturated rings. The smallest absolute Gasteiger partial charge is 0.243 e. The van der Waals surface area contributed by atoms with E-state index >= 15 is 0 Å². The maximum Gasteiger partial charge on any atom is 0.243 e. The van der Waals surface area contributed by atoms with E-state index < -0.39 is 10.0 Å². The van der Waals surface area contributed by atoms with Crippen molar-refractivity contribution >= 4 is 10.0 Å². The first-order valence-corrected chi connectivity index (χ1v) is 11.4. The Labute approximate surface area is 174 Å². The summed E-state index contributed by atoms with van der Waals surface area (Å²) in [6.07, 6.45) is 0. The van der Waals surface area contributed by atoms with Crippen molar-refractivity contribution in [3.63, 3.8) is 0 Å². The molecule has 7 heteroatoms. The number of sulfonamides is 1. The summed E-state index contributed by atoms with van der Waals surface area (Å²) in [6.45, 7) is 7.49. The van der Waals surface area contributed by atoms with Gasteiger partial charge in [0.1, 0.15) is 5.75 Å². The van der Waals surface area contributed by atoms with E-state index in [-0.39, 0.29) is 6.04 Å². The molecule has 0 spiro atoms. The summed E-state index contributed by atoms with van der Waals surface area (Å²) in [5.41, 5.74) is 2.15. The molecule has 6 nitrogen and oxygen atoms in total. The first-order chi connectivity index (χ1) is 14.0. The average molecular weight is 419 g/mol. The molecular formula is C22H30N2O4S. The lowest BCUT2D eigenvalue weighted by Gasteiger charge is -2.29. The molecule has 1 aliphatic rings. The first-order valence-electron chi connectivity index (χ1n) is 10.0. The second-order valence-electron chi connectivity index (χ2n) is 7.18. The van der Waals surface area contributed by atoms with Crippen LogP contribution in [0.3, 0.4) is 0 Å². The van der Waals surface area contributed by atoms with Gasteiger partial charge in [0.2, 0.25) is 10.0 Å². The fraction of sp³-hybridized carbons (Fsp3) is 0.455. The Morgan fingerprint density at radius 1 is 1.14 bits per heavy atom. The molecule has 2 aromatic carbocycles. The molecule has 1 heterocycles. The molecule has 1 saturated heterocycles. The van der Waals surface area contributed by atoms with Crippen molar-refractivity contribution < 1.29 is 17.9 Å². The van der Waals surface area contributed by atoms with Crippen LogP contribution in [0.1, 0.15) is 31.0 Å². The van der Waals surface area contributed by atoms with Crippen LogP contribution in [0.2, 0.25) is 0 Å². The molecule has 0 unspecified atom stereocenters. The lowest BCUT2D eigenvalue weighted by Crippen LogP contribution is -2.40. The number of hydrogen-bond donors (Lipinski definition) is 0. The minimum Gasteiger partial charge on any atom is -0.497 e. The van der Waals surface area contributed by atoms with E-state index in [0.29, 0.717) is 37.7 Å². The number of hydrogen-bond acceptors (Lipinski definition) is 5. The normalized spacial score (nSPS) is 16.7. The Morgan fingerprint density at radius 3 is 2.55 bits per heavy atom. The SMILES string of the molecule is CCN(Cc1cccc(S(=O)(=O)N2CCOCC2)c1)[C@H](C)c1cccc(OC)c1. The highest BCUT2D eigenvalue weighted by Crippen LogP contribution is 2.26. The molecule has 2 aromatic rings. The summed E-state index contributed by atoms with van der Waals surface area (Å²) in [6, 6.07) is 15.5. The van der Waals surface area contributed by atoms with Gasteiger partial charge in [0, 0.05) is 25.7 Å². The van der Waals surface area contributed by atoms with E-state index in [9.17, 15) is 8.42 Å². The maximum absolute atomic E-state index is 13.0. The third-order valence-corrected chi connectivity index (χ3v) is 7.32. The largest absolute Gasteiger partial charge is 0.497 e. The van der Waals surface area contributed by atoms with E-state index in [1.807, 2.05) is 30.3 Å². The Hall–Kier alpha value is -1.93. The van der Waals surface area contributed by atoms with Gasteiger partial charge in [-0.05, 0) is 48.9 Å². The van der Waals surface area contributed by atoms with Crippen molar-refractivity contribution in [1.82, 2.24) is 9.21 Å². The Balaban J connectivity index is 1.78. The van der Waals surface area contributed by atoms with Gasteiger partial charge >= 0.3 is 0 Å². The summed E-state index contributed by atoms with van der Waals surface area (Å²) >= 11 is 0. The van der Waals surface area contributed by atoms with Crippen molar-refractivity contribution in [2.75, 3.05) is 40.0 Å². The highest BCUT2D eigenvalue weighted by molar-refractivity contribution is 7.89. The molecule has 0 N–H and O–H groups in total. The standard InChI is InChI=1S/C22H30N2O4S/c1-4-23(18(2)20-8-6-9-21(16-20)27-3)17-19-7-5-10-22(15-19)29(25,26)24-11-13-28-14-12-24/h5-10,15-16,18H,4,11-14,17H2,1-3H3/t18-/m1/s1. The number of morpholine rings is 1. The lowest BCUT2D eigenvalue weighted by atomic mass is 10.1. The van der Waals surface area contributed by atoms with Crippen LogP contribution >= 0.6 is 0 Å². The Bertz CT molecular complexity index is 911. The quantitative estimate of drug-likeness (QED) is 0.658. The molecular weight excluding hydrogens is 388 g/mol. The zero-order valence-corrected chi connectivity index (χ0v) is 18.2. The minimum absolute atomic E-state index is 0.176.